The van der Waals surface area contributed by atoms with Gasteiger partial charge in [-0.15, -0.1) is 0 Å². The standard InChI is InChI=1S/C27H32F3N5O4/c1-15-10-16(2)33-24(37)20(15)13-31-23(36)19-11-17(27(28,29)30)12-22-21(19)14-32-35(22)18-6-8-34(9-7-18)25(38)39-26(3,4)5/h10-12,14,18H,6-9,13H2,1-5H3,(H,31,36)(H,33,37). The monoisotopic (exact) mass is 547 g/mol. The van der Waals surface area contributed by atoms with Gasteiger partial charge in [0, 0.05) is 36.3 Å². The van der Waals surface area contributed by atoms with Gasteiger partial charge in [-0.25, -0.2) is 4.79 Å². The third-order valence-electron chi connectivity index (χ3n) is 6.67. The fourth-order valence-electron chi connectivity index (χ4n) is 4.77. The van der Waals surface area contributed by atoms with Crippen LogP contribution in [-0.4, -0.2) is 50.4 Å². The number of carbonyl (C=O) groups is 2. The molecule has 2 N–H and O–H groups in total. The Hall–Kier alpha value is -3.83. The van der Waals surface area contributed by atoms with E-state index in [1.165, 1.54) is 10.9 Å². The normalized spacial score (nSPS) is 15.0. The Morgan fingerprint density at radius 2 is 1.79 bits per heavy atom. The van der Waals surface area contributed by atoms with Crippen molar-refractivity contribution in [2.75, 3.05) is 13.1 Å². The molecule has 0 unspecified atom stereocenters. The zero-order valence-corrected chi connectivity index (χ0v) is 22.5. The van der Waals surface area contributed by atoms with E-state index in [9.17, 15) is 27.6 Å². The second-order valence-corrected chi connectivity index (χ2v) is 10.9. The van der Waals surface area contributed by atoms with Crippen molar-refractivity contribution < 1.29 is 27.5 Å². The van der Waals surface area contributed by atoms with Crippen molar-refractivity contribution >= 4 is 22.9 Å². The van der Waals surface area contributed by atoms with E-state index in [4.69, 9.17) is 4.74 Å². The van der Waals surface area contributed by atoms with Gasteiger partial charge in [-0.1, -0.05) is 0 Å². The van der Waals surface area contributed by atoms with Crippen molar-refractivity contribution in [1.29, 1.82) is 0 Å². The molecule has 0 radical (unpaired) electrons. The Balaban J connectivity index is 1.61. The van der Waals surface area contributed by atoms with Crippen LogP contribution in [0.4, 0.5) is 18.0 Å². The highest BCUT2D eigenvalue weighted by Crippen LogP contribution is 2.35. The molecule has 1 aliphatic rings. The maximum atomic E-state index is 13.8. The molecule has 1 aromatic carbocycles. The van der Waals surface area contributed by atoms with E-state index < -0.39 is 29.3 Å². The minimum Gasteiger partial charge on any atom is -0.444 e. The lowest BCUT2D eigenvalue weighted by Crippen LogP contribution is -2.42. The summed E-state index contributed by atoms with van der Waals surface area (Å²) in [6, 6.07) is 3.29. The third-order valence-corrected chi connectivity index (χ3v) is 6.67. The minimum atomic E-state index is -4.69. The molecule has 3 heterocycles. The summed E-state index contributed by atoms with van der Waals surface area (Å²) in [5.74, 6) is -0.746. The van der Waals surface area contributed by atoms with E-state index in [0.29, 0.717) is 42.8 Å². The average molecular weight is 548 g/mol. The molecule has 2 aromatic heterocycles. The highest BCUT2D eigenvalue weighted by atomic mass is 19.4. The van der Waals surface area contributed by atoms with Gasteiger partial charge in [0.05, 0.1) is 28.9 Å². The second kappa shape index (κ2) is 10.4. The number of H-pyrrole nitrogens is 1. The molecule has 12 heteroatoms. The Morgan fingerprint density at radius 1 is 1.13 bits per heavy atom. The van der Waals surface area contributed by atoms with E-state index in [0.717, 1.165) is 12.1 Å². The largest absolute Gasteiger partial charge is 0.444 e. The number of ether oxygens (including phenoxy) is 1. The quantitative estimate of drug-likeness (QED) is 0.485. The van der Waals surface area contributed by atoms with Crippen LogP contribution in [0.5, 0.6) is 0 Å². The first kappa shape index (κ1) is 28.2. The predicted octanol–water partition coefficient (Wildman–Crippen LogP) is 4.86. The number of amides is 2. The number of benzene rings is 1. The zero-order valence-electron chi connectivity index (χ0n) is 22.5. The Labute approximate surface area is 223 Å². The van der Waals surface area contributed by atoms with Crippen LogP contribution in [0.25, 0.3) is 10.9 Å². The van der Waals surface area contributed by atoms with Crippen LogP contribution < -0.4 is 10.9 Å². The first-order valence-corrected chi connectivity index (χ1v) is 12.7. The smallest absolute Gasteiger partial charge is 0.416 e. The number of hydrogen-bond donors (Lipinski definition) is 2. The number of alkyl halides is 3. The maximum absolute atomic E-state index is 13.8. The van der Waals surface area contributed by atoms with Gasteiger partial charge in [0.2, 0.25) is 0 Å². The van der Waals surface area contributed by atoms with Crippen molar-refractivity contribution in [3.63, 3.8) is 0 Å². The topological polar surface area (TPSA) is 109 Å². The lowest BCUT2D eigenvalue weighted by atomic mass is 10.0. The van der Waals surface area contributed by atoms with Crippen LogP contribution >= 0.6 is 0 Å². The lowest BCUT2D eigenvalue weighted by Gasteiger charge is -2.33. The summed E-state index contributed by atoms with van der Waals surface area (Å²) in [7, 11) is 0. The van der Waals surface area contributed by atoms with Crippen LogP contribution in [0.2, 0.25) is 0 Å². The molecule has 210 valence electrons. The number of nitrogens with zero attached hydrogens (tertiary/aromatic N) is 3. The molecule has 4 rings (SSSR count). The molecule has 0 spiro atoms. The third kappa shape index (κ3) is 6.26. The fourth-order valence-corrected chi connectivity index (χ4v) is 4.77. The number of likely N-dealkylation sites (tertiary alicyclic amines) is 1. The summed E-state index contributed by atoms with van der Waals surface area (Å²) in [6.07, 6.45) is -2.82. The fraction of sp³-hybridized carbons (Fsp3) is 0.481. The van der Waals surface area contributed by atoms with Crippen LogP contribution in [0, 0.1) is 13.8 Å². The summed E-state index contributed by atoms with van der Waals surface area (Å²) in [6.45, 7) is 9.36. The number of hydrogen-bond acceptors (Lipinski definition) is 5. The van der Waals surface area contributed by atoms with Gasteiger partial charge in [-0.05, 0) is 71.2 Å². The van der Waals surface area contributed by atoms with Crippen molar-refractivity contribution in [1.82, 2.24) is 25.0 Å². The molecule has 0 aliphatic carbocycles. The molecule has 0 atom stereocenters. The van der Waals surface area contributed by atoms with Gasteiger partial charge in [0.15, 0.2) is 0 Å². The van der Waals surface area contributed by atoms with Gasteiger partial charge in [0.25, 0.3) is 11.5 Å². The van der Waals surface area contributed by atoms with E-state index in [1.54, 1.807) is 45.6 Å². The molecule has 0 saturated carbocycles. The summed E-state index contributed by atoms with van der Waals surface area (Å²) in [4.78, 5) is 42.1. The van der Waals surface area contributed by atoms with Gasteiger partial charge in [0.1, 0.15) is 5.60 Å². The van der Waals surface area contributed by atoms with Crippen molar-refractivity contribution in [2.24, 2.45) is 0 Å². The Kier molecular flexibility index (Phi) is 7.50. The maximum Gasteiger partial charge on any atom is 0.416 e. The Bertz CT molecular complexity index is 1460. The predicted molar refractivity (Wildman–Crippen MR) is 139 cm³/mol. The van der Waals surface area contributed by atoms with Crippen LogP contribution in [-0.2, 0) is 17.5 Å². The molecular formula is C27H32F3N5O4. The summed E-state index contributed by atoms with van der Waals surface area (Å²) < 4.78 is 48.5. The van der Waals surface area contributed by atoms with Crippen LogP contribution in [0.1, 0.15) is 72.4 Å². The number of aromatic nitrogens is 3. The van der Waals surface area contributed by atoms with Crippen molar-refractivity contribution in [3.05, 3.63) is 62.7 Å². The van der Waals surface area contributed by atoms with Gasteiger partial charge < -0.3 is 19.9 Å². The molecular weight excluding hydrogens is 515 g/mol. The average Bonchev–Trinajstić information content (AvgIpc) is 3.25. The first-order valence-electron chi connectivity index (χ1n) is 12.7. The number of rotatable bonds is 4. The van der Waals surface area contributed by atoms with Gasteiger partial charge >= 0.3 is 12.3 Å². The second-order valence-electron chi connectivity index (χ2n) is 10.9. The number of carbonyl (C=O) groups excluding carboxylic acids is 2. The zero-order chi connectivity index (χ0) is 28.7. The van der Waals surface area contributed by atoms with Crippen molar-refractivity contribution in [3.8, 4) is 0 Å². The van der Waals surface area contributed by atoms with Crippen LogP contribution in [0.3, 0.4) is 0 Å². The first-order chi connectivity index (χ1) is 18.1. The molecule has 1 saturated heterocycles. The van der Waals surface area contributed by atoms with E-state index in [-0.39, 0.29) is 34.6 Å². The number of halogens is 3. The molecule has 1 fully saturated rings. The summed E-state index contributed by atoms with van der Waals surface area (Å²) in [5.41, 5.74) is -0.334. The molecule has 39 heavy (non-hydrogen) atoms. The summed E-state index contributed by atoms with van der Waals surface area (Å²) in [5, 5.41) is 7.21. The number of piperidine rings is 1. The highest BCUT2D eigenvalue weighted by Gasteiger charge is 2.34. The molecule has 3 aromatic rings. The summed E-state index contributed by atoms with van der Waals surface area (Å²) >= 11 is 0. The number of nitrogens with one attached hydrogen (secondary N) is 2. The van der Waals surface area contributed by atoms with Gasteiger partial charge in [-0.2, -0.15) is 18.3 Å². The highest BCUT2D eigenvalue weighted by molar-refractivity contribution is 6.06. The van der Waals surface area contributed by atoms with E-state index in [2.05, 4.69) is 15.4 Å². The number of fused-ring (bicyclic) bond motifs is 1. The van der Waals surface area contributed by atoms with E-state index >= 15 is 0 Å². The molecule has 9 nitrogen and oxygen atoms in total. The van der Waals surface area contributed by atoms with E-state index in [1.807, 2.05) is 0 Å². The minimum absolute atomic E-state index is 0.144. The van der Waals surface area contributed by atoms with Crippen molar-refractivity contribution in [2.45, 2.75) is 71.8 Å². The SMILES string of the molecule is Cc1cc(C)c(CNC(=O)c2cc(C(F)(F)F)cc3c2cnn3C2CCN(C(=O)OC(C)(C)C)CC2)c(=O)[nH]1. The Morgan fingerprint density at radius 3 is 2.38 bits per heavy atom. The number of pyridine rings is 1. The van der Waals surface area contributed by atoms with Gasteiger partial charge in [-0.3, -0.25) is 14.3 Å². The molecule has 1 aliphatic heterocycles. The lowest BCUT2D eigenvalue weighted by molar-refractivity contribution is -0.137. The molecule has 0 bridgehead atoms. The number of aryl methyl sites for hydroxylation is 2. The van der Waals surface area contributed by atoms with Crippen LogP contribution in [0.15, 0.2) is 29.2 Å². The number of aromatic amines is 1. The molecule has 2 amide bonds.